The molecule has 0 amide bonds. The molecule has 0 aliphatic heterocycles. The molecule has 15 heavy (non-hydrogen) atoms. The van der Waals surface area contributed by atoms with E-state index in [0.29, 0.717) is 0 Å². The molecule has 0 aromatic rings. The molecule has 11 heteroatoms. The van der Waals surface area contributed by atoms with Crippen LogP contribution in [0.2, 0.25) is 0 Å². The SMILES string of the molecule is O.O.O.O.O.O.O=C(O)CCC(=O)O.[H-].[Na+]. The zero-order chi connectivity index (χ0) is 6.57. The van der Waals surface area contributed by atoms with Gasteiger partial charge in [-0.2, -0.15) is 0 Å². The Bertz CT molecular complexity index is 107. The molecule has 0 aliphatic rings. The van der Waals surface area contributed by atoms with E-state index in [2.05, 4.69) is 0 Å². The minimum absolute atomic E-state index is 0. The fourth-order valence-corrected chi connectivity index (χ4v) is 0.214. The topological polar surface area (TPSA) is 264 Å². The number of carboxylic acids is 2. The van der Waals surface area contributed by atoms with Crippen LogP contribution in [-0.4, -0.2) is 55.0 Å². The maximum atomic E-state index is 9.64. The Labute approximate surface area is 109 Å². The summed E-state index contributed by atoms with van der Waals surface area (Å²) in [6.45, 7) is 0. The quantitative estimate of drug-likeness (QED) is 0.461. The molecular weight excluding hydrogens is 231 g/mol. The van der Waals surface area contributed by atoms with Crippen molar-refractivity contribution >= 4 is 11.9 Å². The van der Waals surface area contributed by atoms with Crippen LogP contribution in [0, 0.1) is 0 Å². The van der Waals surface area contributed by atoms with Crippen molar-refractivity contribution in [3.8, 4) is 0 Å². The first-order valence-electron chi connectivity index (χ1n) is 2.06. The van der Waals surface area contributed by atoms with Crippen LogP contribution in [0.15, 0.2) is 0 Å². The molecule has 0 aromatic carbocycles. The third kappa shape index (κ3) is 84.9. The van der Waals surface area contributed by atoms with Crippen molar-refractivity contribution in [1.29, 1.82) is 0 Å². The van der Waals surface area contributed by atoms with Crippen molar-refractivity contribution < 1.29 is 83.6 Å². The fraction of sp³-hybridized carbons (Fsp3) is 0.500. The molecule has 10 nitrogen and oxygen atoms in total. The van der Waals surface area contributed by atoms with Crippen LogP contribution in [0.5, 0.6) is 0 Å². The van der Waals surface area contributed by atoms with Gasteiger partial charge in [0, 0.05) is 0 Å². The van der Waals surface area contributed by atoms with Crippen LogP contribution in [0.1, 0.15) is 14.3 Å². The maximum Gasteiger partial charge on any atom is 1.00 e. The minimum Gasteiger partial charge on any atom is -1.00 e. The second kappa shape index (κ2) is 37.3. The molecule has 0 spiro atoms. The smallest absolute Gasteiger partial charge is 1.00 e. The van der Waals surface area contributed by atoms with E-state index in [0.717, 1.165) is 0 Å². The third-order valence-corrected chi connectivity index (χ3v) is 0.553. The van der Waals surface area contributed by atoms with E-state index in [1.807, 2.05) is 0 Å². The van der Waals surface area contributed by atoms with Crippen LogP contribution in [-0.2, 0) is 9.59 Å². The van der Waals surface area contributed by atoms with Crippen LogP contribution >= 0.6 is 0 Å². The van der Waals surface area contributed by atoms with Gasteiger partial charge in [0.25, 0.3) is 0 Å². The van der Waals surface area contributed by atoms with E-state index in [1.54, 1.807) is 0 Å². The monoisotopic (exact) mass is 250 g/mol. The molecular formula is C4H19NaO10. The summed E-state index contributed by atoms with van der Waals surface area (Å²) >= 11 is 0. The van der Waals surface area contributed by atoms with Gasteiger partial charge in [-0.05, 0) is 0 Å². The Morgan fingerprint density at radius 3 is 0.933 bits per heavy atom. The number of hydrogen-bond acceptors (Lipinski definition) is 2. The normalized spacial score (nSPS) is 4.53. The van der Waals surface area contributed by atoms with Crippen LogP contribution < -0.4 is 29.6 Å². The molecule has 0 atom stereocenters. The predicted molar refractivity (Wildman–Crippen MR) is 47.3 cm³/mol. The first-order chi connectivity index (χ1) is 3.63. The van der Waals surface area contributed by atoms with Crippen molar-refractivity contribution in [1.82, 2.24) is 0 Å². The van der Waals surface area contributed by atoms with Crippen molar-refractivity contribution in [2.24, 2.45) is 0 Å². The molecule has 96 valence electrons. The summed E-state index contributed by atoms with van der Waals surface area (Å²) in [6.07, 6.45) is -0.593. The van der Waals surface area contributed by atoms with E-state index in [-0.39, 0.29) is 76.7 Å². The Morgan fingerprint density at radius 1 is 0.733 bits per heavy atom. The Morgan fingerprint density at radius 2 is 0.867 bits per heavy atom. The van der Waals surface area contributed by atoms with Gasteiger partial charge in [-0.3, -0.25) is 9.59 Å². The van der Waals surface area contributed by atoms with Gasteiger partial charge >= 0.3 is 41.5 Å². The van der Waals surface area contributed by atoms with Gasteiger partial charge < -0.3 is 44.5 Å². The Kier molecular flexibility index (Phi) is 153. The third-order valence-electron chi connectivity index (χ3n) is 0.553. The maximum absolute atomic E-state index is 9.64. The Balaban J connectivity index is -0.00000000875. The summed E-state index contributed by atoms with van der Waals surface area (Å²) in [5.74, 6) is -2.15. The van der Waals surface area contributed by atoms with E-state index < -0.39 is 11.9 Å². The molecule has 0 heterocycles. The largest absolute Gasteiger partial charge is 1.00 e. The molecule has 0 radical (unpaired) electrons. The number of carbonyl (C=O) groups is 2. The molecule has 0 aromatic heterocycles. The van der Waals surface area contributed by atoms with E-state index in [1.165, 1.54) is 0 Å². The minimum atomic E-state index is -1.08. The van der Waals surface area contributed by atoms with E-state index >= 15 is 0 Å². The first-order valence-corrected chi connectivity index (χ1v) is 2.06. The van der Waals surface area contributed by atoms with Gasteiger partial charge in [0.15, 0.2) is 0 Å². The van der Waals surface area contributed by atoms with Gasteiger partial charge in [-0.15, -0.1) is 0 Å². The molecule has 0 saturated heterocycles. The van der Waals surface area contributed by atoms with Gasteiger partial charge in [0.2, 0.25) is 0 Å². The summed E-state index contributed by atoms with van der Waals surface area (Å²) in [5.41, 5.74) is 0. The number of carboxylic acid groups (broad SMARTS) is 2. The van der Waals surface area contributed by atoms with Crippen molar-refractivity contribution in [2.45, 2.75) is 12.8 Å². The molecule has 0 bridgehead atoms. The first kappa shape index (κ1) is 61.5. The average Bonchev–Trinajstić information content (AvgIpc) is 1.61. The van der Waals surface area contributed by atoms with Crippen molar-refractivity contribution in [3.63, 3.8) is 0 Å². The number of aliphatic carboxylic acids is 2. The van der Waals surface area contributed by atoms with Crippen molar-refractivity contribution in [2.75, 3.05) is 0 Å². The summed E-state index contributed by atoms with van der Waals surface area (Å²) in [5, 5.41) is 15.8. The predicted octanol–water partition coefficient (Wildman–Crippen LogP) is -7.90. The van der Waals surface area contributed by atoms with Gasteiger partial charge in [-0.1, -0.05) is 0 Å². The summed E-state index contributed by atoms with van der Waals surface area (Å²) in [6, 6.07) is 0. The molecule has 0 aliphatic carbocycles. The summed E-state index contributed by atoms with van der Waals surface area (Å²) in [7, 11) is 0. The molecule has 0 rings (SSSR count). The molecule has 0 unspecified atom stereocenters. The van der Waals surface area contributed by atoms with Gasteiger partial charge in [0.05, 0.1) is 12.8 Å². The number of hydrogen-bond donors (Lipinski definition) is 2. The van der Waals surface area contributed by atoms with E-state index in [9.17, 15) is 9.59 Å². The fourth-order valence-electron chi connectivity index (χ4n) is 0.214. The van der Waals surface area contributed by atoms with Crippen LogP contribution in [0.4, 0.5) is 0 Å². The second-order valence-corrected chi connectivity index (χ2v) is 1.29. The van der Waals surface area contributed by atoms with Crippen LogP contribution in [0.25, 0.3) is 0 Å². The van der Waals surface area contributed by atoms with Crippen molar-refractivity contribution in [3.05, 3.63) is 0 Å². The van der Waals surface area contributed by atoms with Gasteiger partial charge in [0.1, 0.15) is 0 Å². The summed E-state index contributed by atoms with van der Waals surface area (Å²) < 4.78 is 0. The van der Waals surface area contributed by atoms with Gasteiger partial charge in [-0.25, -0.2) is 0 Å². The van der Waals surface area contributed by atoms with Crippen LogP contribution in [0.3, 0.4) is 0 Å². The molecule has 0 fully saturated rings. The molecule has 14 N–H and O–H groups in total. The standard InChI is InChI=1S/C4H6O4.Na.6H2O.H/c5-3(6)1-2-4(7)8;;;;;;;;/h1-2H2,(H,5,6)(H,7,8);;6*1H2;/q;+1;;;;;;;-1. The zero-order valence-electron chi connectivity index (χ0n) is 9.13. The summed E-state index contributed by atoms with van der Waals surface area (Å²) in [4.78, 5) is 19.3. The van der Waals surface area contributed by atoms with E-state index in [4.69, 9.17) is 10.2 Å². The average molecular weight is 250 g/mol. The number of rotatable bonds is 3. The Hall–Kier alpha value is -0.300. The second-order valence-electron chi connectivity index (χ2n) is 1.29. The molecule has 0 saturated carbocycles. The zero-order valence-corrected chi connectivity index (χ0v) is 10.1.